The Bertz CT molecular complexity index is 1040. The van der Waals surface area contributed by atoms with E-state index in [4.69, 9.17) is 4.98 Å². The molecule has 0 saturated heterocycles. The quantitative estimate of drug-likeness (QED) is 0.702. The predicted octanol–water partition coefficient (Wildman–Crippen LogP) is 4.04. The van der Waals surface area contributed by atoms with Gasteiger partial charge in [-0.3, -0.25) is 9.59 Å². The molecule has 0 radical (unpaired) electrons. The zero-order valence-electron chi connectivity index (χ0n) is 18.0. The lowest BCUT2D eigenvalue weighted by Crippen LogP contribution is -2.32. The SMILES string of the molecule is CC(=O)Nc1ccc(C)c(NC(=O)CSc2nnc3c(n2)[C@]2(C)CC[C@@H]3C2(C)C)c1. The van der Waals surface area contributed by atoms with E-state index in [-0.39, 0.29) is 28.4 Å². The van der Waals surface area contributed by atoms with Gasteiger partial charge in [0, 0.05) is 29.6 Å². The first-order chi connectivity index (χ1) is 14.1. The second-order valence-corrected chi connectivity index (χ2v) is 9.96. The number of thioether (sulfide) groups is 1. The van der Waals surface area contributed by atoms with Crippen molar-refractivity contribution in [2.75, 3.05) is 16.4 Å². The molecule has 4 rings (SSSR count). The van der Waals surface area contributed by atoms with Crippen molar-refractivity contribution in [1.29, 1.82) is 0 Å². The molecule has 1 heterocycles. The van der Waals surface area contributed by atoms with Crippen molar-refractivity contribution in [1.82, 2.24) is 15.2 Å². The first-order valence-corrected chi connectivity index (χ1v) is 11.2. The first-order valence-electron chi connectivity index (χ1n) is 10.2. The lowest BCUT2D eigenvalue weighted by atomic mass is 9.70. The minimum absolute atomic E-state index is 0.0156. The van der Waals surface area contributed by atoms with Crippen LogP contribution in [0.3, 0.4) is 0 Å². The van der Waals surface area contributed by atoms with E-state index in [1.165, 1.54) is 18.7 Å². The number of rotatable bonds is 5. The van der Waals surface area contributed by atoms with Gasteiger partial charge in [-0.25, -0.2) is 4.98 Å². The van der Waals surface area contributed by atoms with Crippen LogP contribution in [0, 0.1) is 12.3 Å². The third-order valence-corrected chi connectivity index (χ3v) is 7.77. The van der Waals surface area contributed by atoms with Crippen LogP contribution in [0.25, 0.3) is 0 Å². The molecule has 2 atom stereocenters. The molecule has 158 valence electrons. The van der Waals surface area contributed by atoms with Crippen LogP contribution in [0.1, 0.15) is 63.4 Å². The monoisotopic (exact) mass is 425 g/mol. The highest BCUT2D eigenvalue weighted by atomic mass is 32.2. The van der Waals surface area contributed by atoms with Gasteiger partial charge in [-0.15, -0.1) is 5.10 Å². The van der Waals surface area contributed by atoms with Crippen LogP contribution in [-0.4, -0.2) is 32.7 Å². The van der Waals surface area contributed by atoms with Crippen molar-refractivity contribution in [3.8, 4) is 0 Å². The van der Waals surface area contributed by atoms with Gasteiger partial charge in [0.05, 0.1) is 17.1 Å². The van der Waals surface area contributed by atoms with Gasteiger partial charge >= 0.3 is 0 Å². The number of hydrogen-bond donors (Lipinski definition) is 2. The maximum absolute atomic E-state index is 12.5. The van der Waals surface area contributed by atoms with E-state index in [9.17, 15) is 9.59 Å². The number of anilines is 2. The van der Waals surface area contributed by atoms with E-state index >= 15 is 0 Å². The average Bonchev–Trinajstić information content (AvgIpc) is 3.01. The van der Waals surface area contributed by atoms with Gasteiger partial charge in [0.15, 0.2) is 0 Å². The molecule has 2 N–H and O–H groups in total. The Kier molecular flexibility index (Phi) is 5.08. The number of hydrogen-bond acceptors (Lipinski definition) is 6. The van der Waals surface area contributed by atoms with Crippen LogP contribution < -0.4 is 10.6 Å². The second kappa shape index (κ2) is 7.34. The van der Waals surface area contributed by atoms with Crippen molar-refractivity contribution in [2.24, 2.45) is 5.41 Å². The number of aromatic nitrogens is 3. The fraction of sp³-hybridized carbons (Fsp3) is 0.500. The highest BCUT2D eigenvalue weighted by Crippen LogP contribution is 2.66. The van der Waals surface area contributed by atoms with Crippen molar-refractivity contribution in [3.05, 3.63) is 35.2 Å². The zero-order valence-corrected chi connectivity index (χ0v) is 18.8. The number of carbonyl (C=O) groups excluding carboxylic acids is 2. The van der Waals surface area contributed by atoms with Crippen LogP contribution in [0.2, 0.25) is 0 Å². The molecule has 0 unspecified atom stereocenters. The Morgan fingerprint density at radius 2 is 1.97 bits per heavy atom. The first kappa shape index (κ1) is 20.8. The van der Waals surface area contributed by atoms with Crippen LogP contribution in [0.5, 0.6) is 0 Å². The summed E-state index contributed by atoms with van der Waals surface area (Å²) in [6, 6.07) is 5.42. The van der Waals surface area contributed by atoms with Gasteiger partial charge in [-0.05, 0) is 42.9 Å². The summed E-state index contributed by atoms with van der Waals surface area (Å²) in [5.41, 5.74) is 4.48. The average molecular weight is 426 g/mol. The summed E-state index contributed by atoms with van der Waals surface area (Å²) >= 11 is 1.29. The molecule has 1 saturated carbocycles. The molecule has 7 nitrogen and oxygen atoms in total. The summed E-state index contributed by atoms with van der Waals surface area (Å²) in [7, 11) is 0. The molecule has 1 aromatic carbocycles. The van der Waals surface area contributed by atoms with Gasteiger partial charge in [-0.1, -0.05) is 38.6 Å². The molecule has 2 aromatic rings. The minimum Gasteiger partial charge on any atom is -0.326 e. The molecule has 8 heteroatoms. The number of aryl methyl sites for hydroxylation is 1. The van der Waals surface area contributed by atoms with Crippen molar-refractivity contribution >= 4 is 35.0 Å². The summed E-state index contributed by atoms with van der Waals surface area (Å²) < 4.78 is 0. The molecule has 2 aliphatic carbocycles. The number of benzene rings is 1. The van der Waals surface area contributed by atoms with Gasteiger partial charge in [0.1, 0.15) is 0 Å². The topological polar surface area (TPSA) is 96.9 Å². The van der Waals surface area contributed by atoms with Gasteiger partial charge < -0.3 is 10.6 Å². The maximum Gasteiger partial charge on any atom is 0.234 e. The third kappa shape index (κ3) is 3.37. The molecule has 2 bridgehead atoms. The molecule has 30 heavy (non-hydrogen) atoms. The highest BCUT2D eigenvalue weighted by Gasteiger charge is 2.61. The number of nitrogens with zero attached hydrogens (tertiary/aromatic N) is 3. The van der Waals surface area contributed by atoms with E-state index in [0.717, 1.165) is 29.8 Å². The summed E-state index contributed by atoms with van der Waals surface area (Å²) in [4.78, 5) is 28.6. The van der Waals surface area contributed by atoms with Gasteiger partial charge in [-0.2, -0.15) is 5.10 Å². The molecular formula is C22H27N5O2S. The maximum atomic E-state index is 12.5. The van der Waals surface area contributed by atoms with Crippen LogP contribution in [-0.2, 0) is 15.0 Å². The summed E-state index contributed by atoms with van der Waals surface area (Å²) in [5, 5.41) is 14.9. The Labute approximate surface area is 180 Å². The molecule has 0 spiro atoms. The number of amides is 2. The smallest absolute Gasteiger partial charge is 0.234 e. The van der Waals surface area contributed by atoms with E-state index in [2.05, 4.69) is 41.6 Å². The number of nitrogens with one attached hydrogen (secondary N) is 2. The Morgan fingerprint density at radius 1 is 1.20 bits per heavy atom. The Balaban J connectivity index is 1.43. The summed E-state index contributed by atoms with van der Waals surface area (Å²) in [5.74, 6) is 0.297. The van der Waals surface area contributed by atoms with E-state index < -0.39 is 0 Å². The molecule has 1 aromatic heterocycles. The van der Waals surface area contributed by atoms with Gasteiger partial charge in [0.2, 0.25) is 17.0 Å². The van der Waals surface area contributed by atoms with Crippen LogP contribution >= 0.6 is 11.8 Å². The minimum atomic E-state index is -0.154. The predicted molar refractivity (Wildman–Crippen MR) is 118 cm³/mol. The summed E-state index contributed by atoms with van der Waals surface area (Å²) in [6.07, 6.45) is 2.25. The largest absolute Gasteiger partial charge is 0.326 e. The van der Waals surface area contributed by atoms with Crippen molar-refractivity contribution in [2.45, 2.75) is 63.9 Å². The molecule has 2 amide bonds. The lowest BCUT2D eigenvalue weighted by molar-refractivity contribution is -0.114. The van der Waals surface area contributed by atoms with Gasteiger partial charge in [0.25, 0.3) is 0 Å². The zero-order chi connectivity index (χ0) is 21.7. The van der Waals surface area contributed by atoms with E-state index in [0.29, 0.717) is 22.4 Å². The fourth-order valence-electron chi connectivity index (χ4n) is 4.78. The third-order valence-electron chi connectivity index (χ3n) is 6.94. The Morgan fingerprint density at radius 3 is 2.70 bits per heavy atom. The summed E-state index contributed by atoms with van der Waals surface area (Å²) in [6.45, 7) is 10.2. The normalized spacial score (nSPS) is 23.2. The second-order valence-electron chi connectivity index (χ2n) is 9.02. The lowest BCUT2D eigenvalue weighted by Gasteiger charge is -2.33. The van der Waals surface area contributed by atoms with Crippen LogP contribution in [0.4, 0.5) is 11.4 Å². The highest BCUT2D eigenvalue weighted by molar-refractivity contribution is 7.99. The van der Waals surface area contributed by atoms with Crippen molar-refractivity contribution in [3.63, 3.8) is 0 Å². The van der Waals surface area contributed by atoms with Crippen LogP contribution in [0.15, 0.2) is 23.4 Å². The van der Waals surface area contributed by atoms with Crippen molar-refractivity contribution < 1.29 is 9.59 Å². The molecule has 1 fully saturated rings. The Hall–Kier alpha value is -2.48. The number of carbonyl (C=O) groups is 2. The van der Waals surface area contributed by atoms with E-state index in [1.54, 1.807) is 12.1 Å². The molecule has 0 aliphatic heterocycles. The molecule has 2 aliphatic rings. The molecular weight excluding hydrogens is 398 g/mol. The fourth-order valence-corrected chi connectivity index (χ4v) is 5.36. The standard InChI is InChI=1S/C22H27N5O2S/c1-12-6-7-14(23-13(2)28)10-16(12)24-17(29)11-30-20-25-19-18(26-27-20)15-8-9-22(19,5)21(15,3)4/h6-7,10,15H,8-9,11H2,1-5H3,(H,23,28)(H,24,29)/t15-,22-/m0/s1. The van der Waals surface area contributed by atoms with E-state index in [1.807, 2.05) is 13.0 Å². The number of fused-ring (bicyclic) bond motifs is 5.